The van der Waals surface area contributed by atoms with E-state index >= 15 is 0 Å². The molecule has 2 nitrogen and oxygen atoms in total. The van der Waals surface area contributed by atoms with Gasteiger partial charge in [0.15, 0.2) is 0 Å². The van der Waals surface area contributed by atoms with Crippen molar-refractivity contribution >= 4 is 19.2 Å². The van der Waals surface area contributed by atoms with Crippen molar-refractivity contribution in [2.24, 2.45) is 0 Å². The van der Waals surface area contributed by atoms with Gasteiger partial charge in [0.25, 0.3) is 0 Å². The SMILES string of the molecule is [CH3][Ge]([CH3])([CH3])[CH2]C(=O)O. The first kappa shape index (κ1) is 8.01. The first-order valence-electron chi connectivity index (χ1n) is 2.63. The van der Waals surface area contributed by atoms with Crippen LogP contribution in [0.4, 0.5) is 0 Å². The molecule has 0 aromatic carbocycles. The van der Waals surface area contributed by atoms with E-state index in [0.29, 0.717) is 5.25 Å². The van der Waals surface area contributed by atoms with Gasteiger partial charge in [-0.05, 0) is 0 Å². The van der Waals surface area contributed by atoms with Gasteiger partial charge in [-0.25, -0.2) is 0 Å². The second kappa shape index (κ2) is 2.53. The van der Waals surface area contributed by atoms with Crippen LogP contribution in [-0.2, 0) is 4.79 Å². The Labute approximate surface area is 52.3 Å². The van der Waals surface area contributed by atoms with Crippen molar-refractivity contribution in [3.05, 3.63) is 0 Å². The zero-order valence-corrected chi connectivity index (χ0v) is 7.66. The second-order valence-corrected chi connectivity index (χ2v) is 14.6. The standard InChI is InChI=1S/C5H12GeO2/c1-6(2,3)4-5(7)8/h4H2,1-3H3,(H,7,8). The third-order valence-electron chi connectivity index (χ3n) is 0.682. The zero-order valence-electron chi connectivity index (χ0n) is 5.56. The van der Waals surface area contributed by atoms with Crippen LogP contribution in [-0.4, -0.2) is 24.3 Å². The summed E-state index contributed by atoms with van der Waals surface area (Å²) in [6.07, 6.45) is 0. The second-order valence-electron chi connectivity index (χ2n) is 3.13. The summed E-state index contributed by atoms with van der Waals surface area (Å²) in [6.45, 7) is 0. The van der Waals surface area contributed by atoms with E-state index in [2.05, 4.69) is 17.3 Å². The molecule has 48 valence electrons. The average Bonchev–Trinajstić information content (AvgIpc) is 1.21. The number of carboxylic acid groups (broad SMARTS) is 1. The van der Waals surface area contributed by atoms with Crippen molar-refractivity contribution in [1.29, 1.82) is 0 Å². The number of hydrogen-bond donors (Lipinski definition) is 1. The van der Waals surface area contributed by atoms with E-state index in [1.165, 1.54) is 0 Å². The summed E-state index contributed by atoms with van der Waals surface area (Å²) in [5, 5.41) is 8.73. The number of carboxylic acids is 1. The molecular formula is C5H12GeO2. The molecule has 0 spiro atoms. The maximum atomic E-state index is 10.1. The predicted octanol–water partition coefficient (Wildman–Crippen LogP) is 1.41. The summed E-state index contributed by atoms with van der Waals surface area (Å²) in [7, 11) is 0. The van der Waals surface area contributed by atoms with Gasteiger partial charge in [0.2, 0.25) is 0 Å². The quantitative estimate of drug-likeness (QED) is 0.647. The van der Waals surface area contributed by atoms with E-state index in [0.717, 1.165) is 0 Å². The van der Waals surface area contributed by atoms with E-state index in [1.54, 1.807) is 0 Å². The summed E-state index contributed by atoms with van der Waals surface area (Å²) in [5.74, 6) is 5.63. The van der Waals surface area contributed by atoms with Gasteiger partial charge in [-0.3, -0.25) is 0 Å². The molecule has 0 fully saturated rings. The van der Waals surface area contributed by atoms with Crippen LogP contribution in [0, 0.1) is 0 Å². The van der Waals surface area contributed by atoms with Crippen molar-refractivity contribution in [2.45, 2.75) is 22.5 Å². The van der Waals surface area contributed by atoms with Crippen LogP contribution in [0.5, 0.6) is 0 Å². The number of hydrogen-bond acceptors (Lipinski definition) is 1. The number of carbonyl (C=O) groups is 1. The third-order valence-corrected chi connectivity index (χ3v) is 3.54. The Morgan fingerprint density at radius 3 is 1.88 bits per heavy atom. The first-order chi connectivity index (χ1) is 3.42. The topological polar surface area (TPSA) is 37.3 Å². The summed E-state index contributed by atoms with van der Waals surface area (Å²) < 4.78 is 0. The predicted molar refractivity (Wildman–Crippen MR) is 35.8 cm³/mol. The molecule has 0 aliphatic carbocycles. The fraction of sp³-hybridized carbons (Fsp3) is 0.800. The van der Waals surface area contributed by atoms with Gasteiger partial charge >= 0.3 is 51.7 Å². The molecule has 0 saturated heterocycles. The van der Waals surface area contributed by atoms with Crippen LogP contribution in [0.15, 0.2) is 0 Å². The van der Waals surface area contributed by atoms with Crippen LogP contribution < -0.4 is 0 Å². The van der Waals surface area contributed by atoms with E-state index in [9.17, 15) is 4.79 Å². The van der Waals surface area contributed by atoms with Gasteiger partial charge in [0.1, 0.15) is 0 Å². The van der Waals surface area contributed by atoms with E-state index in [1.807, 2.05) is 0 Å². The van der Waals surface area contributed by atoms with E-state index in [4.69, 9.17) is 5.11 Å². The summed E-state index contributed by atoms with van der Waals surface area (Å²) >= 11 is -1.75. The third kappa shape index (κ3) is 6.01. The molecule has 0 rings (SSSR count). The van der Waals surface area contributed by atoms with Crippen LogP contribution in [0.1, 0.15) is 0 Å². The average molecular weight is 177 g/mol. The molecular weight excluding hydrogens is 165 g/mol. The van der Waals surface area contributed by atoms with Crippen LogP contribution >= 0.6 is 0 Å². The summed E-state index contributed by atoms with van der Waals surface area (Å²) in [5.41, 5.74) is 0. The van der Waals surface area contributed by atoms with Gasteiger partial charge in [0.05, 0.1) is 0 Å². The van der Waals surface area contributed by atoms with Crippen LogP contribution in [0.2, 0.25) is 22.5 Å². The molecule has 1 N–H and O–H groups in total. The fourth-order valence-electron chi connectivity index (χ4n) is 0.454. The van der Waals surface area contributed by atoms with E-state index < -0.39 is 19.2 Å². The van der Waals surface area contributed by atoms with Gasteiger partial charge < -0.3 is 0 Å². The van der Waals surface area contributed by atoms with Gasteiger partial charge in [-0.2, -0.15) is 0 Å². The number of aliphatic carboxylic acids is 1. The van der Waals surface area contributed by atoms with E-state index in [-0.39, 0.29) is 0 Å². The minimum absolute atomic E-state index is 0.431. The molecule has 0 atom stereocenters. The van der Waals surface area contributed by atoms with Gasteiger partial charge in [0, 0.05) is 0 Å². The fourth-order valence-corrected chi connectivity index (χ4v) is 2.36. The molecule has 0 bridgehead atoms. The molecule has 0 saturated carbocycles. The van der Waals surface area contributed by atoms with Crippen molar-refractivity contribution in [2.75, 3.05) is 0 Å². The molecule has 0 aromatic heterocycles. The molecule has 0 aliphatic heterocycles. The van der Waals surface area contributed by atoms with Crippen molar-refractivity contribution < 1.29 is 9.90 Å². The Morgan fingerprint density at radius 2 is 1.88 bits per heavy atom. The summed E-state index contributed by atoms with van der Waals surface area (Å²) in [6, 6.07) is 0. The zero-order chi connectivity index (χ0) is 6.78. The molecule has 0 heterocycles. The molecule has 3 heteroatoms. The Kier molecular flexibility index (Phi) is 2.53. The van der Waals surface area contributed by atoms with Crippen LogP contribution in [0.25, 0.3) is 0 Å². The molecule has 0 unspecified atom stereocenters. The Balaban J connectivity index is 3.55. The Morgan fingerprint density at radius 1 is 1.50 bits per heavy atom. The Bertz CT molecular complexity index is 93.1. The normalized spacial score (nSPS) is 11.4. The maximum absolute atomic E-state index is 10.1. The number of rotatable bonds is 2. The molecule has 0 radical (unpaired) electrons. The first-order valence-corrected chi connectivity index (χ1v) is 10.4. The summed E-state index contributed by atoms with van der Waals surface area (Å²) in [4.78, 5) is 10.1. The van der Waals surface area contributed by atoms with Crippen molar-refractivity contribution in [3.8, 4) is 0 Å². The van der Waals surface area contributed by atoms with Crippen molar-refractivity contribution in [1.82, 2.24) is 0 Å². The van der Waals surface area contributed by atoms with Crippen molar-refractivity contribution in [3.63, 3.8) is 0 Å². The monoisotopic (exact) mass is 178 g/mol. The Hall–Kier alpha value is 0.0129. The molecule has 0 aromatic rings. The molecule has 8 heavy (non-hydrogen) atoms. The minimum atomic E-state index is -1.75. The molecule has 0 amide bonds. The van der Waals surface area contributed by atoms with Gasteiger partial charge in [-0.1, -0.05) is 0 Å². The molecule has 0 aliphatic rings. The van der Waals surface area contributed by atoms with Gasteiger partial charge in [-0.15, -0.1) is 0 Å². The van der Waals surface area contributed by atoms with Crippen LogP contribution in [0.3, 0.4) is 0 Å².